The van der Waals surface area contributed by atoms with Crippen molar-refractivity contribution in [1.29, 1.82) is 0 Å². The third-order valence-electron chi connectivity index (χ3n) is 5.25. The van der Waals surface area contributed by atoms with E-state index < -0.39 is 0 Å². The summed E-state index contributed by atoms with van der Waals surface area (Å²) >= 11 is 0. The minimum Gasteiger partial charge on any atom is -0.467 e. The van der Waals surface area contributed by atoms with Gasteiger partial charge in [0.1, 0.15) is 0 Å². The van der Waals surface area contributed by atoms with Gasteiger partial charge in [0.05, 0.1) is 26.0 Å². The monoisotopic (exact) mass is 386 g/mol. The molecular weight excluding hydrogens is 360 g/mol. The number of nitrogens with zero attached hydrogens (tertiary/aromatic N) is 5. The van der Waals surface area contributed by atoms with E-state index >= 15 is 0 Å². The molecule has 150 valence electrons. The van der Waals surface area contributed by atoms with Crippen LogP contribution in [0.15, 0.2) is 23.3 Å². The number of aromatic nitrogens is 4. The molecule has 0 amide bonds. The molecule has 2 fully saturated rings. The smallest absolute Gasteiger partial charge is 0.316 e. The third-order valence-corrected chi connectivity index (χ3v) is 5.25. The number of nitrogens with one attached hydrogen (secondary N) is 1. The number of likely N-dealkylation sites (tertiary alicyclic amines) is 1. The molecule has 0 bridgehead atoms. The van der Waals surface area contributed by atoms with Gasteiger partial charge in [-0.15, -0.1) is 0 Å². The zero-order valence-electron chi connectivity index (χ0n) is 16.1. The van der Waals surface area contributed by atoms with Crippen molar-refractivity contribution in [1.82, 2.24) is 24.8 Å². The Kier molecular flexibility index (Phi) is 5.82. The molecule has 2 aromatic rings. The maximum absolute atomic E-state index is 12.2. The van der Waals surface area contributed by atoms with Crippen LogP contribution in [0, 0.1) is 0 Å². The van der Waals surface area contributed by atoms with Gasteiger partial charge >= 0.3 is 6.01 Å². The number of aromatic amines is 1. The molecule has 0 aromatic carbocycles. The molecule has 1 unspecified atom stereocenters. The van der Waals surface area contributed by atoms with Crippen molar-refractivity contribution in [3.8, 4) is 6.01 Å². The SMILES string of the molecule is COc1ncc(CN2CCCC(c3cc(=O)[nH]c(N4CCOCC4)n3)C2)cn1. The lowest BCUT2D eigenvalue weighted by molar-refractivity contribution is 0.122. The molecule has 9 nitrogen and oxygen atoms in total. The Balaban J connectivity index is 1.46. The summed E-state index contributed by atoms with van der Waals surface area (Å²) in [7, 11) is 1.56. The van der Waals surface area contributed by atoms with Crippen LogP contribution in [-0.2, 0) is 11.3 Å². The zero-order valence-corrected chi connectivity index (χ0v) is 16.1. The minimum absolute atomic E-state index is 0.0906. The highest BCUT2D eigenvalue weighted by atomic mass is 16.5. The van der Waals surface area contributed by atoms with Gasteiger partial charge in [0.15, 0.2) is 0 Å². The minimum atomic E-state index is -0.0906. The molecule has 28 heavy (non-hydrogen) atoms. The van der Waals surface area contributed by atoms with Gasteiger partial charge in [-0.3, -0.25) is 14.7 Å². The van der Waals surface area contributed by atoms with Gasteiger partial charge in [0.2, 0.25) is 5.95 Å². The van der Waals surface area contributed by atoms with E-state index in [1.54, 1.807) is 25.6 Å². The molecule has 0 radical (unpaired) electrons. The molecule has 1 N–H and O–H groups in total. The van der Waals surface area contributed by atoms with Crippen LogP contribution in [0.3, 0.4) is 0 Å². The molecular formula is C19H26N6O3. The van der Waals surface area contributed by atoms with Gasteiger partial charge in [-0.1, -0.05) is 0 Å². The molecule has 4 heterocycles. The highest BCUT2D eigenvalue weighted by Gasteiger charge is 2.24. The van der Waals surface area contributed by atoms with Crippen molar-refractivity contribution in [2.75, 3.05) is 51.4 Å². The number of morpholine rings is 1. The van der Waals surface area contributed by atoms with Crippen LogP contribution in [0.25, 0.3) is 0 Å². The van der Waals surface area contributed by atoms with Crippen LogP contribution in [0.5, 0.6) is 6.01 Å². The Morgan fingerprint density at radius 2 is 2.04 bits per heavy atom. The first kappa shape index (κ1) is 18.8. The largest absolute Gasteiger partial charge is 0.467 e. The summed E-state index contributed by atoms with van der Waals surface area (Å²) in [5.41, 5.74) is 1.84. The first-order valence-electron chi connectivity index (χ1n) is 9.72. The average molecular weight is 386 g/mol. The standard InChI is InChI=1S/C19H26N6O3/c1-27-19-20-10-14(11-21-19)12-24-4-2-3-15(13-24)16-9-17(26)23-18(22-16)25-5-7-28-8-6-25/h9-11,15H,2-8,12-13H2,1H3,(H,22,23,26). The summed E-state index contributed by atoms with van der Waals surface area (Å²) in [5, 5.41) is 0. The molecule has 2 saturated heterocycles. The van der Waals surface area contributed by atoms with Gasteiger partial charge in [0.25, 0.3) is 5.56 Å². The highest BCUT2D eigenvalue weighted by molar-refractivity contribution is 5.31. The Hall–Kier alpha value is -2.52. The van der Waals surface area contributed by atoms with Crippen LogP contribution >= 0.6 is 0 Å². The Morgan fingerprint density at radius 3 is 2.79 bits per heavy atom. The van der Waals surface area contributed by atoms with E-state index in [2.05, 4.69) is 24.8 Å². The fourth-order valence-corrected chi connectivity index (χ4v) is 3.83. The number of hydrogen-bond acceptors (Lipinski definition) is 8. The van der Waals surface area contributed by atoms with Crippen molar-refractivity contribution >= 4 is 5.95 Å². The Bertz CT molecular complexity index is 834. The fourth-order valence-electron chi connectivity index (χ4n) is 3.83. The van der Waals surface area contributed by atoms with Crippen LogP contribution in [0.1, 0.15) is 30.0 Å². The summed E-state index contributed by atoms with van der Waals surface area (Å²) in [6, 6.07) is 2.03. The van der Waals surface area contributed by atoms with Gasteiger partial charge in [-0.2, -0.15) is 0 Å². The predicted molar refractivity (Wildman–Crippen MR) is 104 cm³/mol. The quantitative estimate of drug-likeness (QED) is 0.806. The third kappa shape index (κ3) is 4.48. The second-order valence-electron chi connectivity index (χ2n) is 7.25. The number of H-pyrrole nitrogens is 1. The lowest BCUT2D eigenvalue weighted by atomic mass is 9.94. The molecule has 0 spiro atoms. The maximum Gasteiger partial charge on any atom is 0.316 e. The van der Waals surface area contributed by atoms with E-state index in [9.17, 15) is 4.79 Å². The van der Waals surface area contributed by atoms with Crippen molar-refractivity contribution in [3.63, 3.8) is 0 Å². The highest BCUT2D eigenvalue weighted by Crippen LogP contribution is 2.26. The maximum atomic E-state index is 12.2. The molecule has 9 heteroatoms. The zero-order chi connectivity index (χ0) is 19.3. The molecule has 2 aromatic heterocycles. The second-order valence-corrected chi connectivity index (χ2v) is 7.25. The van der Waals surface area contributed by atoms with E-state index in [4.69, 9.17) is 14.5 Å². The van der Waals surface area contributed by atoms with Crippen molar-refractivity contribution in [3.05, 3.63) is 40.1 Å². The van der Waals surface area contributed by atoms with Crippen LogP contribution < -0.4 is 15.2 Å². The Labute approximate surface area is 163 Å². The topological polar surface area (TPSA) is 96.5 Å². The number of hydrogen-bond donors (Lipinski definition) is 1. The van der Waals surface area contributed by atoms with E-state index in [1.165, 1.54) is 0 Å². The summed E-state index contributed by atoms with van der Waals surface area (Å²) < 4.78 is 10.4. The van der Waals surface area contributed by atoms with Crippen LogP contribution in [0.4, 0.5) is 5.95 Å². The first-order valence-corrected chi connectivity index (χ1v) is 9.72. The van der Waals surface area contributed by atoms with E-state index in [1.807, 2.05) is 0 Å². The number of ether oxygens (including phenoxy) is 2. The van der Waals surface area contributed by atoms with Gasteiger partial charge in [-0.25, -0.2) is 15.0 Å². The van der Waals surface area contributed by atoms with Crippen LogP contribution in [0.2, 0.25) is 0 Å². The normalized spacial score (nSPS) is 20.9. The first-order chi connectivity index (χ1) is 13.7. The summed E-state index contributed by atoms with van der Waals surface area (Å²) in [6.07, 6.45) is 5.71. The van der Waals surface area contributed by atoms with Crippen molar-refractivity contribution in [2.24, 2.45) is 0 Å². The lowest BCUT2D eigenvalue weighted by Gasteiger charge is -2.33. The number of piperidine rings is 1. The van der Waals surface area contributed by atoms with Gasteiger partial charge < -0.3 is 14.4 Å². The lowest BCUT2D eigenvalue weighted by Crippen LogP contribution is -2.39. The molecule has 0 saturated carbocycles. The summed E-state index contributed by atoms with van der Waals surface area (Å²) in [5.74, 6) is 0.904. The second kappa shape index (κ2) is 8.66. The van der Waals surface area contributed by atoms with Crippen LogP contribution in [-0.4, -0.2) is 71.3 Å². The molecule has 0 aliphatic carbocycles. The molecule has 2 aliphatic rings. The molecule has 4 rings (SSSR count). The van der Waals surface area contributed by atoms with Crippen molar-refractivity contribution < 1.29 is 9.47 Å². The average Bonchev–Trinajstić information content (AvgIpc) is 2.75. The number of methoxy groups -OCH3 is 1. The van der Waals surface area contributed by atoms with E-state index in [-0.39, 0.29) is 11.5 Å². The number of anilines is 1. The van der Waals surface area contributed by atoms with Crippen molar-refractivity contribution in [2.45, 2.75) is 25.3 Å². The molecule has 2 aliphatic heterocycles. The number of rotatable bonds is 5. The fraction of sp³-hybridized carbons (Fsp3) is 0.579. The van der Waals surface area contributed by atoms with Gasteiger partial charge in [-0.05, 0) is 19.4 Å². The summed E-state index contributed by atoms with van der Waals surface area (Å²) in [6.45, 7) is 5.48. The van der Waals surface area contributed by atoms with Gasteiger partial charge in [0, 0.05) is 56.1 Å². The summed E-state index contributed by atoms with van der Waals surface area (Å²) in [4.78, 5) is 32.7. The molecule has 1 atom stereocenters. The van der Waals surface area contributed by atoms with E-state index in [0.717, 1.165) is 56.8 Å². The Morgan fingerprint density at radius 1 is 1.25 bits per heavy atom. The predicted octanol–water partition coefficient (Wildman–Crippen LogP) is 0.785. The van der Waals surface area contributed by atoms with E-state index in [0.29, 0.717) is 25.2 Å².